The average molecular weight is 378 g/mol. The van der Waals surface area contributed by atoms with Crippen LogP contribution in [0, 0.1) is 0 Å². The predicted octanol–water partition coefficient (Wildman–Crippen LogP) is 5.30. The van der Waals surface area contributed by atoms with Crippen LogP contribution in [-0.4, -0.2) is 14.2 Å². The first kappa shape index (κ1) is 18.3. The van der Waals surface area contributed by atoms with E-state index in [4.69, 9.17) is 4.28 Å². The van der Waals surface area contributed by atoms with E-state index in [2.05, 4.69) is 13.0 Å². The molecule has 3 rings (SSSR count). The van der Waals surface area contributed by atoms with E-state index in [0.717, 1.165) is 40.4 Å². The lowest BCUT2D eigenvalue weighted by atomic mass is 10.1. The van der Waals surface area contributed by atoms with Crippen molar-refractivity contribution in [2.45, 2.75) is 49.3 Å². The van der Waals surface area contributed by atoms with E-state index in [1.807, 2.05) is 43.3 Å². The number of hydrogen-bond donors (Lipinski definition) is 0. The Labute approximate surface area is 154 Å². The number of unbranched alkanes of at least 4 members (excludes halogenated alkanes) is 1. The summed E-state index contributed by atoms with van der Waals surface area (Å²) in [6.07, 6.45) is 3.73. The SMILES string of the molecule is CCCCc1cccc2c1Sc1ccccc1N2OS(=O)(=O)CCC. The van der Waals surface area contributed by atoms with Crippen LogP contribution in [0.4, 0.5) is 11.4 Å². The van der Waals surface area contributed by atoms with Gasteiger partial charge in [-0.1, -0.05) is 56.3 Å². The average Bonchev–Trinajstić information content (AvgIpc) is 2.59. The summed E-state index contributed by atoms with van der Waals surface area (Å²) >= 11 is 1.69. The maximum Gasteiger partial charge on any atom is 0.288 e. The molecule has 0 spiro atoms. The van der Waals surface area contributed by atoms with Gasteiger partial charge in [0.05, 0.1) is 17.1 Å². The molecule has 0 bridgehead atoms. The van der Waals surface area contributed by atoms with Crippen molar-refractivity contribution in [1.82, 2.24) is 0 Å². The second-order valence-electron chi connectivity index (χ2n) is 6.07. The van der Waals surface area contributed by atoms with Crippen molar-refractivity contribution in [1.29, 1.82) is 0 Å². The summed E-state index contributed by atoms with van der Waals surface area (Å²) < 4.78 is 30.1. The second kappa shape index (κ2) is 7.81. The van der Waals surface area contributed by atoms with Gasteiger partial charge in [0.1, 0.15) is 0 Å². The van der Waals surface area contributed by atoms with E-state index >= 15 is 0 Å². The zero-order chi connectivity index (χ0) is 17.9. The van der Waals surface area contributed by atoms with Gasteiger partial charge in [0.2, 0.25) is 0 Å². The quantitative estimate of drug-likeness (QED) is 0.655. The Morgan fingerprint density at radius 1 is 1.00 bits per heavy atom. The van der Waals surface area contributed by atoms with Gasteiger partial charge in [-0.15, -0.1) is 4.28 Å². The fourth-order valence-corrected chi connectivity index (χ4v) is 4.99. The van der Waals surface area contributed by atoms with Gasteiger partial charge in [-0.05, 0) is 43.0 Å². The monoisotopic (exact) mass is 377 g/mol. The Hall–Kier alpha value is -1.50. The van der Waals surface area contributed by atoms with Gasteiger partial charge in [-0.3, -0.25) is 0 Å². The van der Waals surface area contributed by atoms with E-state index in [0.29, 0.717) is 6.42 Å². The third kappa shape index (κ3) is 4.02. The van der Waals surface area contributed by atoms with E-state index < -0.39 is 10.1 Å². The maximum atomic E-state index is 12.3. The molecule has 1 heterocycles. The Morgan fingerprint density at radius 3 is 2.52 bits per heavy atom. The smallest absolute Gasteiger partial charge is 0.202 e. The van der Waals surface area contributed by atoms with Gasteiger partial charge in [-0.2, -0.15) is 8.42 Å². The number of hydrogen-bond acceptors (Lipinski definition) is 5. The molecule has 2 aromatic rings. The number of para-hydroxylation sites is 1. The molecule has 0 saturated heterocycles. The van der Waals surface area contributed by atoms with Gasteiger partial charge in [0.25, 0.3) is 10.1 Å². The molecule has 0 aliphatic carbocycles. The predicted molar refractivity (Wildman–Crippen MR) is 103 cm³/mol. The number of fused-ring (bicyclic) bond motifs is 2. The first-order valence-electron chi connectivity index (χ1n) is 8.67. The molecule has 2 aromatic carbocycles. The molecule has 0 amide bonds. The second-order valence-corrected chi connectivity index (χ2v) is 8.79. The van der Waals surface area contributed by atoms with Crippen LogP contribution in [-0.2, 0) is 20.8 Å². The van der Waals surface area contributed by atoms with Crippen molar-refractivity contribution < 1.29 is 12.7 Å². The fourth-order valence-electron chi connectivity index (χ4n) is 2.85. The highest BCUT2D eigenvalue weighted by atomic mass is 32.2. The highest BCUT2D eigenvalue weighted by Gasteiger charge is 2.29. The minimum atomic E-state index is -3.63. The molecule has 6 heteroatoms. The van der Waals surface area contributed by atoms with E-state index in [9.17, 15) is 8.42 Å². The first-order chi connectivity index (χ1) is 12.1. The molecule has 0 N–H and O–H groups in total. The third-order valence-corrected chi connectivity index (χ3v) is 6.56. The molecule has 0 aromatic heterocycles. The molecule has 0 atom stereocenters. The topological polar surface area (TPSA) is 46.6 Å². The molecule has 25 heavy (non-hydrogen) atoms. The van der Waals surface area contributed by atoms with E-state index in [-0.39, 0.29) is 5.75 Å². The number of rotatable bonds is 7. The summed E-state index contributed by atoms with van der Waals surface area (Å²) in [5.41, 5.74) is 2.81. The molecule has 0 unspecified atom stereocenters. The molecular formula is C19H23NO3S2. The summed E-state index contributed by atoms with van der Waals surface area (Å²) in [6.45, 7) is 4.00. The zero-order valence-electron chi connectivity index (χ0n) is 14.6. The van der Waals surface area contributed by atoms with Gasteiger partial charge >= 0.3 is 0 Å². The van der Waals surface area contributed by atoms with Crippen molar-refractivity contribution in [3.05, 3.63) is 48.0 Å². The lowest BCUT2D eigenvalue weighted by molar-refractivity contribution is 0.319. The normalized spacial score (nSPS) is 13.4. The van der Waals surface area contributed by atoms with Crippen LogP contribution in [0.25, 0.3) is 0 Å². The van der Waals surface area contributed by atoms with Crippen LogP contribution in [0.1, 0.15) is 38.7 Å². The maximum absolute atomic E-state index is 12.3. The molecule has 0 saturated carbocycles. The number of aryl methyl sites for hydroxylation is 1. The van der Waals surface area contributed by atoms with E-state index in [1.54, 1.807) is 11.8 Å². The van der Waals surface area contributed by atoms with Gasteiger partial charge < -0.3 is 0 Å². The van der Waals surface area contributed by atoms with Crippen LogP contribution in [0.5, 0.6) is 0 Å². The minimum absolute atomic E-state index is 0.00364. The lowest BCUT2D eigenvalue weighted by Gasteiger charge is -2.31. The van der Waals surface area contributed by atoms with Crippen LogP contribution in [0.3, 0.4) is 0 Å². The minimum Gasteiger partial charge on any atom is -0.202 e. The molecule has 1 aliphatic rings. The highest BCUT2D eigenvalue weighted by Crippen LogP contribution is 2.50. The molecule has 4 nitrogen and oxygen atoms in total. The van der Waals surface area contributed by atoms with Crippen LogP contribution in [0.15, 0.2) is 52.3 Å². The Morgan fingerprint density at radius 2 is 1.76 bits per heavy atom. The van der Waals surface area contributed by atoms with Crippen molar-refractivity contribution >= 4 is 33.3 Å². The third-order valence-electron chi connectivity index (χ3n) is 4.03. The van der Waals surface area contributed by atoms with Gasteiger partial charge in [0.15, 0.2) is 0 Å². The van der Waals surface area contributed by atoms with Crippen molar-refractivity contribution in [3.63, 3.8) is 0 Å². The highest BCUT2D eigenvalue weighted by molar-refractivity contribution is 7.99. The molecule has 134 valence electrons. The summed E-state index contributed by atoms with van der Waals surface area (Å²) in [4.78, 5) is 2.09. The van der Waals surface area contributed by atoms with Crippen LogP contribution >= 0.6 is 11.8 Å². The van der Waals surface area contributed by atoms with Crippen molar-refractivity contribution in [2.24, 2.45) is 0 Å². The summed E-state index contributed by atoms with van der Waals surface area (Å²) in [5.74, 6) is 0.00364. The Balaban J connectivity index is 2.06. The molecule has 1 aliphatic heterocycles. The Kier molecular flexibility index (Phi) is 5.71. The molecule has 0 radical (unpaired) electrons. The van der Waals surface area contributed by atoms with Crippen molar-refractivity contribution in [3.8, 4) is 0 Å². The number of nitrogens with zero attached hydrogens (tertiary/aromatic N) is 1. The Bertz CT molecular complexity index is 849. The van der Waals surface area contributed by atoms with Gasteiger partial charge in [0, 0.05) is 9.79 Å². The van der Waals surface area contributed by atoms with Crippen LogP contribution in [0.2, 0.25) is 0 Å². The number of benzene rings is 2. The zero-order valence-corrected chi connectivity index (χ0v) is 16.2. The van der Waals surface area contributed by atoms with Gasteiger partial charge in [-0.25, -0.2) is 5.06 Å². The summed E-state index contributed by atoms with van der Waals surface area (Å²) in [5, 5.41) is 1.49. The van der Waals surface area contributed by atoms with Crippen molar-refractivity contribution in [2.75, 3.05) is 10.8 Å². The lowest BCUT2D eigenvalue weighted by Crippen LogP contribution is -2.27. The summed E-state index contributed by atoms with van der Waals surface area (Å²) in [6, 6.07) is 13.8. The summed E-state index contributed by atoms with van der Waals surface area (Å²) in [7, 11) is -3.63. The standard InChI is InChI=1S/C19H23NO3S2/c1-3-5-9-15-10-8-12-17-19(15)24-18-13-7-6-11-16(18)20(17)23-25(21,22)14-4-2/h6-8,10-13H,3-5,9,14H2,1-2H3. The number of anilines is 2. The molecular weight excluding hydrogens is 354 g/mol. The molecule has 0 fully saturated rings. The van der Waals surface area contributed by atoms with Crippen LogP contribution < -0.4 is 5.06 Å². The largest absolute Gasteiger partial charge is 0.288 e. The van der Waals surface area contributed by atoms with E-state index in [1.165, 1.54) is 10.6 Å². The first-order valence-corrected chi connectivity index (χ1v) is 11.1. The fraction of sp³-hybridized carbons (Fsp3) is 0.368.